The fourth-order valence-corrected chi connectivity index (χ4v) is 1.06. The maximum atomic E-state index is 5.78. The summed E-state index contributed by atoms with van der Waals surface area (Å²) in [5.74, 6) is 0.593. The minimum atomic E-state index is 0.593. The van der Waals surface area contributed by atoms with Gasteiger partial charge in [-0.05, 0) is 24.6 Å². The summed E-state index contributed by atoms with van der Waals surface area (Å²) in [6, 6.07) is 7.59. The highest BCUT2D eigenvalue weighted by molar-refractivity contribution is 6.30. The Hall–Kier alpha value is -1.02. The van der Waals surface area contributed by atoms with E-state index in [2.05, 4.69) is 4.99 Å². The van der Waals surface area contributed by atoms with Crippen LogP contribution in [0.2, 0.25) is 5.02 Å². The molecule has 0 saturated carbocycles. The van der Waals surface area contributed by atoms with Crippen molar-refractivity contribution in [2.75, 3.05) is 0 Å². The molecule has 0 aromatic heterocycles. The summed E-state index contributed by atoms with van der Waals surface area (Å²) in [5, 5.41) is 0.734. The van der Waals surface area contributed by atoms with Crippen molar-refractivity contribution in [1.82, 2.24) is 0 Å². The summed E-state index contributed by atoms with van der Waals surface area (Å²) in [4.78, 5) is 4.07. The lowest BCUT2D eigenvalue weighted by Crippen LogP contribution is -2.05. The molecule has 0 bridgehead atoms. The Labute approximate surface area is 77.1 Å². The molecule has 0 saturated heterocycles. The van der Waals surface area contributed by atoms with Gasteiger partial charge in [0.2, 0.25) is 0 Å². The average Bonchev–Trinajstić information content (AvgIpc) is 2.01. The highest BCUT2D eigenvalue weighted by Crippen LogP contribution is 2.11. The number of aliphatic imine (C=N–C) groups is 1. The van der Waals surface area contributed by atoms with E-state index < -0.39 is 0 Å². The Bertz CT molecular complexity index is 290. The number of hydrogen-bond acceptors (Lipinski definition) is 1. The fourth-order valence-electron chi connectivity index (χ4n) is 0.851. The lowest BCUT2D eigenvalue weighted by atomic mass is 10.2. The van der Waals surface area contributed by atoms with Crippen LogP contribution in [0.4, 0.5) is 0 Å². The van der Waals surface area contributed by atoms with Crippen LogP contribution in [0, 0.1) is 0 Å². The predicted molar refractivity (Wildman–Crippen MR) is 52.5 cm³/mol. The maximum Gasteiger partial charge on any atom is 0.0909 e. The van der Waals surface area contributed by atoms with Crippen molar-refractivity contribution in [2.24, 2.45) is 10.7 Å². The van der Waals surface area contributed by atoms with E-state index in [1.807, 2.05) is 24.3 Å². The van der Waals surface area contributed by atoms with Gasteiger partial charge in [-0.1, -0.05) is 23.7 Å². The highest BCUT2D eigenvalue weighted by Gasteiger charge is 1.91. The summed E-state index contributed by atoms with van der Waals surface area (Å²) in [5.41, 5.74) is 6.47. The molecule has 0 atom stereocenters. The van der Waals surface area contributed by atoms with Crippen molar-refractivity contribution in [2.45, 2.75) is 13.5 Å². The van der Waals surface area contributed by atoms with Gasteiger partial charge in [0.15, 0.2) is 0 Å². The van der Waals surface area contributed by atoms with E-state index >= 15 is 0 Å². The predicted octanol–water partition coefficient (Wildman–Crippen LogP) is 2.22. The molecule has 1 aromatic rings. The van der Waals surface area contributed by atoms with Crippen LogP contribution in [0.1, 0.15) is 12.5 Å². The van der Waals surface area contributed by atoms with Gasteiger partial charge in [0.25, 0.3) is 0 Å². The number of nitrogens with zero attached hydrogens (tertiary/aromatic N) is 1. The first-order valence-corrected chi connectivity index (χ1v) is 4.07. The van der Waals surface area contributed by atoms with Crippen molar-refractivity contribution < 1.29 is 0 Å². The number of rotatable bonds is 2. The van der Waals surface area contributed by atoms with E-state index in [0.29, 0.717) is 12.4 Å². The lowest BCUT2D eigenvalue weighted by Gasteiger charge is -1.97. The molecule has 0 heterocycles. The molecule has 3 heteroatoms. The van der Waals surface area contributed by atoms with E-state index in [1.54, 1.807) is 6.92 Å². The minimum Gasteiger partial charge on any atom is -0.388 e. The number of halogens is 1. The van der Waals surface area contributed by atoms with Crippen molar-refractivity contribution in [3.05, 3.63) is 34.9 Å². The first-order valence-electron chi connectivity index (χ1n) is 3.69. The van der Waals surface area contributed by atoms with E-state index in [0.717, 1.165) is 10.6 Å². The normalized spacial score (nSPS) is 11.7. The van der Waals surface area contributed by atoms with Gasteiger partial charge in [-0.3, -0.25) is 4.99 Å². The fraction of sp³-hybridized carbons (Fsp3) is 0.222. The second kappa shape index (κ2) is 4.12. The smallest absolute Gasteiger partial charge is 0.0909 e. The molecule has 2 nitrogen and oxygen atoms in total. The summed E-state index contributed by atoms with van der Waals surface area (Å²) in [7, 11) is 0. The highest BCUT2D eigenvalue weighted by atomic mass is 35.5. The molecular formula is C9H11ClN2. The van der Waals surface area contributed by atoms with Crippen molar-refractivity contribution >= 4 is 17.4 Å². The Kier molecular flexibility index (Phi) is 3.11. The molecule has 0 aliphatic rings. The third-order valence-electron chi connectivity index (χ3n) is 1.40. The third-order valence-corrected chi connectivity index (χ3v) is 1.64. The minimum absolute atomic E-state index is 0.593. The van der Waals surface area contributed by atoms with Crippen LogP contribution >= 0.6 is 11.6 Å². The Morgan fingerprint density at radius 2 is 2.33 bits per heavy atom. The number of benzene rings is 1. The molecule has 0 aliphatic carbocycles. The van der Waals surface area contributed by atoms with Crippen LogP contribution in [0.3, 0.4) is 0 Å². The van der Waals surface area contributed by atoms with Crippen LogP contribution in [0.5, 0.6) is 0 Å². The lowest BCUT2D eigenvalue weighted by molar-refractivity contribution is 1.06. The molecule has 12 heavy (non-hydrogen) atoms. The maximum absolute atomic E-state index is 5.78. The van der Waals surface area contributed by atoms with Crippen LogP contribution < -0.4 is 5.73 Å². The van der Waals surface area contributed by atoms with Crippen LogP contribution in [-0.2, 0) is 6.54 Å². The van der Waals surface area contributed by atoms with Crippen molar-refractivity contribution in [1.29, 1.82) is 0 Å². The van der Waals surface area contributed by atoms with Crippen LogP contribution in [-0.4, -0.2) is 5.84 Å². The molecule has 64 valence electrons. The monoisotopic (exact) mass is 182 g/mol. The molecule has 0 fully saturated rings. The van der Waals surface area contributed by atoms with E-state index in [1.165, 1.54) is 0 Å². The molecule has 0 amide bonds. The average molecular weight is 183 g/mol. The first-order chi connectivity index (χ1) is 5.68. The van der Waals surface area contributed by atoms with Crippen molar-refractivity contribution in [3.63, 3.8) is 0 Å². The number of hydrogen-bond donors (Lipinski definition) is 1. The summed E-state index contributed by atoms with van der Waals surface area (Å²) in [6.45, 7) is 2.37. The van der Waals surface area contributed by atoms with E-state index in [4.69, 9.17) is 17.3 Å². The van der Waals surface area contributed by atoms with Gasteiger partial charge in [-0.2, -0.15) is 0 Å². The SMILES string of the molecule is CC(N)=NCc1cccc(Cl)c1. The van der Waals surface area contributed by atoms with E-state index in [-0.39, 0.29) is 0 Å². The molecule has 1 aromatic carbocycles. The quantitative estimate of drug-likeness (QED) is 0.553. The molecule has 0 unspecified atom stereocenters. The third kappa shape index (κ3) is 2.93. The van der Waals surface area contributed by atoms with Gasteiger partial charge in [-0.15, -0.1) is 0 Å². The van der Waals surface area contributed by atoms with Gasteiger partial charge in [-0.25, -0.2) is 0 Å². The first kappa shape index (κ1) is 9.07. The van der Waals surface area contributed by atoms with Crippen LogP contribution in [0.15, 0.2) is 29.3 Å². The largest absolute Gasteiger partial charge is 0.388 e. The van der Waals surface area contributed by atoms with Gasteiger partial charge >= 0.3 is 0 Å². The molecule has 1 rings (SSSR count). The van der Waals surface area contributed by atoms with E-state index in [9.17, 15) is 0 Å². The zero-order valence-electron chi connectivity index (χ0n) is 6.92. The second-order valence-electron chi connectivity index (χ2n) is 2.59. The molecule has 2 N–H and O–H groups in total. The van der Waals surface area contributed by atoms with Gasteiger partial charge in [0.05, 0.1) is 12.4 Å². The summed E-state index contributed by atoms with van der Waals surface area (Å²) in [6.07, 6.45) is 0. The van der Waals surface area contributed by atoms with Crippen molar-refractivity contribution in [3.8, 4) is 0 Å². The Morgan fingerprint density at radius 3 is 2.92 bits per heavy atom. The molecule has 0 radical (unpaired) electrons. The molecular weight excluding hydrogens is 172 g/mol. The van der Waals surface area contributed by atoms with Gasteiger partial charge < -0.3 is 5.73 Å². The summed E-state index contributed by atoms with van der Waals surface area (Å²) < 4.78 is 0. The zero-order valence-corrected chi connectivity index (χ0v) is 7.67. The topological polar surface area (TPSA) is 38.4 Å². The zero-order chi connectivity index (χ0) is 8.97. The number of nitrogens with two attached hydrogens (primary N) is 1. The molecule has 0 aliphatic heterocycles. The van der Waals surface area contributed by atoms with Gasteiger partial charge in [0.1, 0.15) is 0 Å². The second-order valence-corrected chi connectivity index (χ2v) is 3.02. The Morgan fingerprint density at radius 1 is 1.58 bits per heavy atom. The Balaban J connectivity index is 2.70. The number of amidine groups is 1. The van der Waals surface area contributed by atoms with Crippen LogP contribution in [0.25, 0.3) is 0 Å². The van der Waals surface area contributed by atoms with Gasteiger partial charge in [0, 0.05) is 5.02 Å². The standard InChI is InChI=1S/C9H11ClN2/c1-7(11)12-6-8-3-2-4-9(10)5-8/h2-5H,6H2,1H3,(H2,11,12). The molecule has 0 spiro atoms. The summed E-state index contributed by atoms with van der Waals surface area (Å²) >= 11 is 5.78.